The van der Waals surface area contributed by atoms with E-state index in [1.54, 1.807) is 6.07 Å². The quantitative estimate of drug-likeness (QED) is 0.529. The largest absolute Gasteiger partial charge is 0.486 e. The molecule has 5 N–H and O–H groups in total. The van der Waals surface area contributed by atoms with Crippen molar-refractivity contribution in [2.75, 3.05) is 30.8 Å². The van der Waals surface area contributed by atoms with Crippen molar-refractivity contribution in [3.05, 3.63) is 12.1 Å². The molecule has 1 aromatic rings. The molecule has 0 aliphatic carbocycles. The van der Waals surface area contributed by atoms with E-state index in [1.165, 1.54) is 0 Å². The molecule has 6 heteroatoms. The molecule has 0 saturated heterocycles. The van der Waals surface area contributed by atoms with Crippen molar-refractivity contribution in [3.8, 4) is 11.5 Å². The topological polar surface area (TPSA) is 99.6 Å². The second-order valence-electron chi connectivity index (χ2n) is 4.08. The molecule has 18 heavy (non-hydrogen) atoms. The number of nitrogens with one attached hydrogen (secondary N) is 1. The van der Waals surface area contributed by atoms with Crippen molar-refractivity contribution in [3.63, 3.8) is 0 Å². The number of fused-ring (bicyclic) bond motifs is 1. The van der Waals surface area contributed by atoms with E-state index < -0.39 is 0 Å². The number of hydrogen-bond acceptors (Lipinski definition) is 5. The highest BCUT2D eigenvalue weighted by atomic mass is 16.6. The van der Waals surface area contributed by atoms with Gasteiger partial charge in [-0.05, 0) is 6.42 Å². The van der Waals surface area contributed by atoms with E-state index in [9.17, 15) is 4.79 Å². The number of carbonyl (C=O) groups excluding carboxylic acids is 1. The van der Waals surface area contributed by atoms with Crippen LogP contribution in [0.5, 0.6) is 11.5 Å². The molecule has 0 fully saturated rings. The summed E-state index contributed by atoms with van der Waals surface area (Å²) in [6, 6.07) is 3.55. The molecule has 1 aromatic carbocycles. The maximum atomic E-state index is 10.6. The van der Waals surface area contributed by atoms with Crippen LogP contribution in [0.2, 0.25) is 0 Å². The Morgan fingerprint density at radius 3 is 2.61 bits per heavy atom. The van der Waals surface area contributed by atoms with E-state index in [2.05, 4.69) is 5.32 Å². The standard InChI is InChI=1S/C12H17N3O3/c13-8-6-10-11(18-5-4-17-10)7-9(8)15-3-1-2-12(14)16/h6-7,15H,1-5,13H2,(H2,14,16). The average Bonchev–Trinajstić information content (AvgIpc) is 2.34. The minimum atomic E-state index is -0.299. The summed E-state index contributed by atoms with van der Waals surface area (Å²) in [7, 11) is 0. The summed E-state index contributed by atoms with van der Waals surface area (Å²) in [6.07, 6.45) is 1.03. The second kappa shape index (κ2) is 5.48. The molecule has 0 spiro atoms. The highest BCUT2D eigenvalue weighted by Crippen LogP contribution is 2.36. The van der Waals surface area contributed by atoms with Gasteiger partial charge in [-0.15, -0.1) is 0 Å². The van der Waals surface area contributed by atoms with Gasteiger partial charge < -0.3 is 26.3 Å². The molecular formula is C12H17N3O3. The van der Waals surface area contributed by atoms with Gasteiger partial charge in [0.1, 0.15) is 13.2 Å². The van der Waals surface area contributed by atoms with Crippen LogP contribution < -0.4 is 26.3 Å². The molecule has 1 heterocycles. The summed E-state index contributed by atoms with van der Waals surface area (Å²) in [5, 5.41) is 3.15. The Morgan fingerprint density at radius 1 is 1.28 bits per heavy atom. The van der Waals surface area contributed by atoms with E-state index in [-0.39, 0.29) is 5.91 Å². The Bertz CT molecular complexity index is 448. The number of hydrogen-bond donors (Lipinski definition) is 3. The fraction of sp³-hybridized carbons (Fsp3) is 0.417. The van der Waals surface area contributed by atoms with Crippen LogP contribution in [0.15, 0.2) is 12.1 Å². The first-order valence-corrected chi connectivity index (χ1v) is 5.88. The van der Waals surface area contributed by atoms with Crippen LogP contribution in [0.3, 0.4) is 0 Å². The molecule has 0 unspecified atom stereocenters. The van der Waals surface area contributed by atoms with Gasteiger partial charge in [-0.3, -0.25) is 4.79 Å². The number of nitrogens with two attached hydrogens (primary N) is 2. The highest BCUT2D eigenvalue weighted by Gasteiger charge is 2.14. The predicted molar refractivity (Wildman–Crippen MR) is 68.8 cm³/mol. The SMILES string of the molecule is NC(=O)CCCNc1cc2c(cc1N)OCCO2. The van der Waals surface area contributed by atoms with Crippen molar-refractivity contribution in [1.82, 2.24) is 0 Å². The second-order valence-corrected chi connectivity index (χ2v) is 4.08. The third-order valence-electron chi connectivity index (χ3n) is 2.63. The molecular weight excluding hydrogens is 234 g/mol. The van der Waals surface area contributed by atoms with Gasteiger partial charge in [-0.25, -0.2) is 0 Å². The van der Waals surface area contributed by atoms with E-state index in [0.29, 0.717) is 49.8 Å². The van der Waals surface area contributed by atoms with E-state index >= 15 is 0 Å². The Kier molecular flexibility index (Phi) is 3.76. The molecule has 0 aromatic heterocycles. The van der Waals surface area contributed by atoms with Gasteiger partial charge in [-0.1, -0.05) is 0 Å². The molecule has 6 nitrogen and oxygen atoms in total. The monoisotopic (exact) mass is 251 g/mol. The van der Waals surface area contributed by atoms with E-state index in [1.807, 2.05) is 6.07 Å². The number of amides is 1. The van der Waals surface area contributed by atoms with Gasteiger partial charge in [0.05, 0.1) is 11.4 Å². The lowest BCUT2D eigenvalue weighted by atomic mass is 10.2. The molecule has 0 bridgehead atoms. The van der Waals surface area contributed by atoms with Crippen molar-refractivity contribution in [2.24, 2.45) is 5.73 Å². The number of anilines is 2. The van der Waals surface area contributed by atoms with Crippen molar-refractivity contribution < 1.29 is 14.3 Å². The van der Waals surface area contributed by atoms with E-state index in [4.69, 9.17) is 20.9 Å². The number of ether oxygens (including phenoxy) is 2. The number of carbonyl (C=O) groups is 1. The summed E-state index contributed by atoms with van der Waals surface area (Å²) < 4.78 is 10.9. The molecule has 1 amide bonds. The fourth-order valence-corrected chi connectivity index (χ4v) is 1.74. The third kappa shape index (κ3) is 2.97. The minimum absolute atomic E-state index is 0.299. The number of nitrogen functional groups attached to an aromatic ring is 1. The fourth-order valence-electron chi connectivity index (χ4n) is 1.74. The maximum absolute atomic E-state index is 10.6. The molecule has 98 valence electrons. The lowest BCUT2D eigenvalue weighted by Crippen LogP contribution is -2.16. The first-order valence-electron chi connectivity index (χ1n) is 5.88. The third-order valence-corrected chi connectivity index (χ3v) is 2.63. The molecule has 1 aliphatic rings. The van der Waals surface area contributed by atoms with Crippen LogP contribution in [-0.2, 0) is 4.79 Å². The molecule has 1 aliphatic heterocycles. The number of rotatable bonds is 5. The van der Waals surface area contributed by atoms with Crippen LogP contribution in [0.25, 0.3) is 0 Å². The zero-order chi connectivity index (χ0) is 13.0. The summed E-state index contributed by atoms with van der Waals surface area (Å²) in [4.78, 5) is 10.6. The summed E-state index contributed by atoms with van der Waals surface area (Å²) >= 11 is 0. The van der Waals surface area contributed by atoms with Gasteiger partial charge in [0, 0.05) is 25.1 Å². The summed E-state index contributed by atoms with van der Waals surface area (Å²) in [5.41, 5.74) is 12.3. The first-order chi connectivity index (χ1) is 8.66. The van der Waals surface area contributed by atoms with Crippen LogP contribution >= 0.6 is 0 Å². The lowest BCUT2D eigenvalue weighted by molar-refractivity contribution is -0.118. The molecule has 0 atom stereocenters. The van der Waals surface area contributed by atoms with Crippen molar-refractivity contribution in [2.45, 2.75) is 12.8 Å². The normalized spacial score (nSPS) is 13.1. The smallest absolute Gasteiger partial charge is 0.217 e. The highest BCUT2D eigenvalue weighted by molar-refractivity contribution is 5.74. The molecule has 2 rings (SSSR count). The van der Waals surface area contributed by atoms with Gasteiger partial charge in [0.2, 0.25) is 5.91 Å². The Labute approximate surface area is 105 Å². The van der Waals surface area contributed by atoms with Gasteiger partial charge in [0.15, 0.2) is 11.5 Å². The number of benzene rings is 1. The van der Waals surface area contributed by atoms with Crippen molar-refractivity contribution in [1.29, 1.82) is 0 Å². The molecule has 0 radical (unpaired) electrons. The van der Waals surface area contributed by atoms with Crippen LogP contribution in [0, 0.1) is 0 Å². The lowest BCUT2D eigenvalue weighted by Gasteiger charge is -2.20. The Balaban J connectivity index is 1.97. The van der Waals surface area contributed by atoms with Gasteiger partial charge in [-0.2, -0.15) is 0 Å². The van der Waals surface area contributed by atoms with Gasteiger partial charge >= 0.3 is 0 Å². The van der Waals surface area contributed by atoms with Crippen LogP contribution in [-0.4, -0.2) is 25.7 Å². The van der Waals surface area contributed by atoms with E-state index in [0.717, 1.165) is 5.69 Å². The van der Waals surface area contributed by atoms with Crippen LogP contribution in [0.1, 0.15) is 12.8 Å². The summed E-state index contributed by atoms with van der Waals surface area (Å²) in [5.74, 6) is 1.06. The average molecular weight is 251 g/mol. The van der Waals surface area contributed by atoms with Gasteiger partial charge in [0.25, 0.3) is 0 Å². The predicted octanol–water partition coefficient (Wildman–Crippen LogP) is 0.717. The van der Waals surface area contributed by atoms with Crippen molar-refractivity contribution >= 4 is 17.3 Å². The van der Waals surface area contributed by atoms with Crippen LogP contribution in [0.4, 0.5) is 11.4 Å². The Morgan fingerprint density at radius 2 is 1.94 bits per heavy atom. The minimum Gasteiger partial charge on any atom is -0.486 e. The summed E-state index contributed by atoms with van der Waals surface area (Å²) in [6.45, 7) is 1.71. The first kappa shape index (κ1) is 12.3. The zero-order valence-corrected chi connectivity index (χ0v) is 10.1. The Hall–Kier alpha value is -2.11. The zero-order valence-electron chi connectivity index (χ0n) is 10.1. The number of primary amides is 1. The maximum Gasteiger partial charge on any atom is 0.217 e. The molecule has 0 saturated carbocycles.